The van der Waals surface area contributed by atoms with E-state index < -0.39 is 6.10 Å². The standard InChI is InChI=1S/C12H20N2O3/c1-4-14-7-5-6-11(14)12(16)13(2)8-10(15)9-17-3/h5-7,10,15H,4,8-9H2,1-3H3. The molecule has 0 saturated heterocycles. The van der Waals surface area contributed by atoms with Gasteiger partial charge in [0.1, 0.15) is 5.69 Å². The number of hydrogen-bond acceptors (Lipinski definition) is 3. The maximum absolute atomic E-state index is 12.1. The summed E-state index contributed by atoms with van der Waals surface area (Å²) in [5.41, 5.74) is 0.639. The van der Waals surface area contributed by atoms with Crippen LogP contribution in [0, 0.1) is 0 Å². The fraction of sp³-hybridized carbons (Fsp3) is 0.583. The minimum Gasteiger partial charge on any atom is -0.389 e. The smallest absolute Gasteiger partial charge is 0.270 e. The normalized spacial score (nSPS) is 12.5. The number of likely N-dealkylation sites (N-methyl/N-ethyl adjacent to an activating group) is 1. The molecule has 0 aromatic carbocycles. The highest BCUT2D eigenvalue weighted by Crippen LogP contribution is 2.06. The van der Waals surface area contributed by atoms with E-state index in [9.17, 15) is 9.90 Å². The molecule has 1 unspecified atom stereocenters. The Balaban J connectivity index is 2.63. The summed E-state index contributed by atoms with van der Waals surface area (Å²) in [5.74, 6) is -0.0907. The first-order chi connectivity index (χ1) is 8.10. The molecule has 17 heavy (non-hydrogen) atoms. The van der Waals surface area contributed by atoms with Gasteiger partial charge in [-0.2, -0.15) is 0 Å². The Morgan fingerprint density at radius 1 is 1.65 bits per heavy atom. The maximum Gasteiger partial charge on any atom is 0.270 e. The zero-order valence-corrected chi connectivity index (χ0v) is 10.6. The van der Waals surface area contributed by atoms with Crippen LogP contribution >= 0.6 is 0 Å². The average Bonchev–Trinajstić information content (AvgIpc) is 2.76. The van der Waals surface area contributed by atoms with Crippen molar-refractivity contribution < 1.29 is 14.6 Å². The van der Waals surface area contributed by atoms with Gasteiger partial charge in [-0.05, 0) is 19.1 Å². The van der Waals surface area contributed by atoms with Crippen LogP contribution in [0.5, 0.6) is 0 Å². The largest absolute Gasteiger partial charge is 0.389 e. The van der Waals surface area contributed by atoms with Gasteiger partial charge < -0.3 is 19.3 Å². The maximum atomic E-state index is 12.1. The first-order valence-electron chi connectivity index (χ1n) is 5.67. The summed E-state index contributed by atoms with van der Waals surface area (Å²) >= 11 is 0. The number of aliphatic hydroxyl groups excluding tert-OH is 1. The molecule has 5 nitrogen and oxygen atoms in total. The molecule has 0 bridgehead atoms. The van der Waals surface area contributed by atoms with E-state index in [1.54, 1.807) is 13.1 Å². The summed E-state index contributed by atoms with van der Waals surface area (Å²) in [7, 11) is 3.20. The average molecular weight is 240 g/mol. The van der Waals surface area contributed by atoms with E-state index in [0.29, 0.717) is 5.69 Å². The van der Waals surface area contributed by atoms with Crippen LogP contribution in [-0.2, 0) is 11.3 Å². The molecule has 1 aromatic rings. The van der Waals surface area contributed by atoms with E-state index in [1.165, 1.54) is 12.0 Å². The lowest BCUT2D eigenvalue weighted by Crippen LogP contribution is -2.37. The van der Waals surface area contributed by atoms with E-state index in [2.05, 4.69) is 0 Å². The van der Waals surface area contributed by atoms with Crippen molar-refractivity contribution in [3.8, 4) is 0 Å². The molecule has 96 valence electrons. The lowest BCUT2D eigenvalue weighted by Gasteiger charge is -2.21. The molecule has 1 rings (SSSR count). The third kappa shape index (κ3) is 3.57. The topological polar surface area (TPSA) is 54.7 Å². The molecular weight excluding hydrogens is 220 g/mol. The highest BCUT2D eigenvalue weighted by Gasteiger charge is 2.17. The zero-order valence-electron chi connectivity index (χ0n) is 10.6. The number of ether oxygens (including phenoxy) is 1. The molecule has 1 N–H and O–H groups in total. The molecule has 0 aliphatic heterocycles. The number of aryl methyl sites for hydroxylation is 1. The van der Waals surface area contributed by atoms with Crippen LogP contribution in [0.25, 0.3) is 0 Å². The molecule has 0 aliphatic carbocycles. The Bertz CT molecular complexity index is 362. The van der Waals surface area contributed by atoms with Crippen molar-refractivity contribution in [1.82, 2.24) is 9.47 Å². The van der Waals surface area contributed by atoms with E-state index >= 15 is 0 Å². The van der Waals surface area contributed by atoms with E-state index in [0.717, 1.165) is 6.54 Å². The zero-order chi connectivity index (χ0) is 12.8. The Labute approximate surface area is 102 Å². The molecule has 0 radical (unpaired) electrons. The lowest BCUT2D eigenvalue weighted by atomic mass is 10.3. The number of methoxy groups -OCH3 is 1. The highest BCUT2D eigenvalue weighted by atomic mass is 16.5. The highest BCUT2D eigenvalue weighted by molar-refractivity contribution is 5.92. The number of hydrogen-bond donors (Lipinski definition) is 1. The number of carbonyl (C=O) groups excluding carboxylic acids is 1. The molecule has 0 aliphatic rings. The van der Waals surface area contributed by atoms with Gasteiger partial charge in [0.05, 0.1) is 12.7 Å². The van der Waals surface area contributed by atoms with Crippen LogP contribution in [0.3, 0.4) is 0 Å². The monoisotopic (exact) mass is 240 g/mol. The third-order valence-electron chi connectivity index (χ3n) is 2.58. The quantitative estimate of drug-likeness (QED) is 0.791. The van der Waals surface area contributed by atoms with Crippen molar-refractivity contribution in [2.24, 2.45) is 0 Å². The minimum absolute atomic E-state index is 0.0907. The molecule has 1 aromatic heterocycles. The van der Waals surface area contributed by atoms with Crippen LogP contribution in [0.15, 0.2) is 18.3 Å². The lowest BCUT2D eigenvalue weighted by molar-refractivity contribution is 0.0376. The summed E-state index contributed by atoms with van der Waals surface area (Å²) in [6.07, 6.45) is 1.21. The van der Waals surface area contributed by atoms with Crippen molar-refractivity contribution in [2.45, 2.75) is 19.6 Å². The van der Waals surface area contributed by atoms with Gasteiger partial charge in [0.15, 0.2) is 0 Å². The van der Waals surface area contributed by atoms with Gasteiger partial charge in [0.2, 0.25) is 0 Å². The SMILES string of the molecule is CCn1cccc1C(=O)N(C)CC(O)COC. The van der Waals surface area contributed by atoms with Gasteiger partial charge in [-0.15, -0.1) is 0 Å². The van der Waals surface area contributed by atoms with Gasteiger partial charge in [-0.3, -0.25) is 4.79 Å². The molecule has 0 fully saturated rings. The molecule has 1 heterocycles. The molecule has 0 saturated carbocycles. The summed E-state index contributed by atoms with van der Waals surface area (Å²) in [4.78, 5) is 13.6. The molecule has 1 amide bonds. The fourth-order valence-corrected chi connectivity index (χ4v) is 1.72. The summed E-state index contributed by atoms with van der Waals surface area (Å²) in [5, 5.41) is 9.57. The Morgan fingerprint density at radius 3 is 2.94 bits per heavy atom. The predicted molar refractivity (Wildman–Crippen MR) is 64.9 cm³/mol. The van der Waals surface area contributed by atoms with E-state index in [1.807, 2.05) is 23.8 Å². The van der Waals surface area contributed by atoms with Crippen molar-refractivity contribution in [3.05, 3.63) is 24.0 Å². The third-order valence-corrected chi connectivity index (χ3v) is 2.58. The first kappa shape index (κ1) is 13.7. The van der Waals surface area contributed by atoms with Crippen molar-refractivity contribution in [1.29, 1.82) is 0 Å². The number of carbonyl (C=O) groups is 1. The number of nitrogens with zero attached hydrogens (tertiary/aromatic N) is 2. The summed E-state index contributed by atoms with van der Waals surface area (Å²) < 4.78 is 6.70. The number of amides is 1. The van der Waals surface area contributed by atoms with Gasteiger partial charge in [0, 0.05) is 33.4 Å². The fourth-order valence-electron chi connectivity index (χ4n) is 1.72. The van der Waals surface area contributed by atoms with Crippen LogP contribution in [0.2, 0.25) is 0 Å². The number of rotatable bonds is 6. The van der Waals surface area contributed by atoms with E-state index in [4.69, 9.17) is 4.74 Å². The molecule has 0 spiro atoms. The summed E-state index contributed by atoms with van der Waals surface area (Å²) in [6, 6.07) is 3.63. The van der Waals surface area contributed by atoms with Gasteiger partial charge in [0.25, 0.3) is 5.91 Å². The van der Waals surface area contributed by atoms with Crippen molar-refractivity contribution in [3.63, 3.8) is 0 Å². The predicted octanol–water partition coefficient (Wildman–Crippen LogP) is 0.587. The molecular formula is C12H20N2O3. The van der Waals surface area contributed by atoms with Gasteiger partial charge in [-0.25, -0.2) is 0 Å². The second-order valence-corrected chi connectivity index (χ2v) is 3.97. The minimum atomic E-state index is -0.654. The first-order valence-corrected chi connectivity index (χ1v) is 5.67. The van der Waals surface area contributed by atoms with Crippen LogP contribution < -0.4 is 0 Å². The second kappa shape index (κ2) is 6.42. The summed E-state index contributed by atoms with van der Waals surface area (Å²) in [6.45, 7) is 3.23. The number of aliphatic hydroxyl groups is 1. The van der Waals surface area contributed by atoms with Crippen LogP contribution in [0.4, 0.5) is 0 Å². The Morgan fingerprint density at radius 2 is 2.35 bits per heavy atom. The van der Waals surface area contributed by atoms with Gasteiger partial charge in [-0.1, -0.05) is 0 Å². The van der Waals surface area contributed by atoms with Gasteiger partial charge >= 0.3 is 0 Å². The molecule has 1 atom stereocenters. The number of aromatic nitrogens is 1. The molecule has 5 heteroatoms. The Hall–Kier alpha value is -1.33. The van der Waals surface area contributed by atoms with Crippen molar-refractivity contribution in [2.75, 3.05) is 27.3 Å². The van der Waals surface area contributed by atoms with E-state index in [-0.39, 0.29) is 19.1 Å². The van der Waals surface area contributed by atoms with Crippen molar-refractivity contribution >= 4 is 5.91 Å². The Kier molecular flexibility index (Phi) is 5.18. The van der Waals surface area contributed by atoms with Crippen LogP contribution in [0.1, 0.15) is 17.4 Å². The second-order valence-electron chi connectivity index (χ2n) is 3.97. The van der Waals surface area contributed by atoms with Crippen LogP contribution in [-0.4, -0.2) is 53.9 Å².